The summed E-state index contributed by atoms with van der Waals surface area (Å²) in [6, 6.07) is 0.211. The van der Waals surface area contributed by atoms with Crippen molar-refractivity contribution in [2.75, 3.05) is 26.2 Å². The third kappa shape index (κ3) is 11.1. The van der Waals surface area contributed by atoms with Crippen LogP contribution in [0.1, 0.15) is 86.0 Å². The van der Waals surface area contributed by atoms with E-state index >= 15 is 0 Å². The molecule has 0 radical (unpaired) electrons. The molecule has 0 aromatic heterocycles. The summed E-state index contributed by atoms with van der Waals surface area (Å²) in [4.78, 5) is 11.6. The van der Waals surface area contributed by atoms with E-state index in [4.69, 9.17) is 4.74 Å². The van der Waals surface area contributed by atoms with Gasteiger partial charge in [-0.2, -0.15) is 0 Å². The molecule has 162 valence electrons. The van der Waals surface area contributed by atoms with Gasteiger partial charge in [0.25, 0.3) is 0 Å². The van der Waals surface area contributed by atoms with Gasteiger partial charge in [-0.3, -0.25) is 0 Å². The van der Waals surface area contributed by atoms with E-state index in [-0.39, 0.29) is 30.5 Å². The summed E-state index contributed by atoms with van der Waals surface area (Å²) >= 11 is 0. The van der Waals surface area contributed by atoms with Gasteiger partial charge in [0.1, 0.15) is 12.1 Å². The van der Waals surface area contributed by atoms with Crippen molar-refractivity contribution in [2.24, 2.45) is 0 Å². The first kappa shape index (κ1) is 28.6. The molecule has 2 atom stereocenters. The molecule has 27 heavy (non-hydrogen) atoms. The Labute approximate surface area is 174 Å². The molecule has 4 nitrogen and oxygen atoms in total. The number of quaternary nitrogens is 1. The lowest BCUT2D eigenvalue weighted by atomic mass is 9.98. The highest BCUT2D eigenvalue weighted by molar-refractivity contribution is 5.86. The van der Waals surface area contributed by atoms with Crippen molar-refractivity contribution >= 4 is 5.97 Å². The van der Waals surface area contributed by atoms with Crippen LogP contribution in [0, 0.1) is 0 Å². The molecule has 0 aromatic carbocycles. The van der Waals surface area contributed by atoms with Crippen LogP contribution in [0.3, 0.4) is 0 Å². The van der Waals surface area contributed by atoms with E-state index in [1.807, 2.05) is 6.92 Å². The quantitative estimate of drug-likeness (QED) is 0.184. The monoisotopic (exact) mass is 405 g/mol. The van der Waals surface area contributed by atoms with Gasteiger partial charge in [-0.25, -0.2) is 4.79 Å². The molecule has 0 fully saturated rings. The van der Waals surface area contributed by atoms with Crippen LogP contribution in [-0.4, -0.2) is 53.9 Å². The summed E-state index contributed by atoms with van der Waals surface area (Å²) in [5, 5.41) is 10.6. The summed E-state index contributed by atoms with van der Waals surface area (Å²) in [5.41, 5.74) is 0.441. The zero-order valence-electron chi connectivity index (χ0n) is 18.4. The minimum atomic E-state index is -0.350. The molecule has 2 unspecified atom stereocenters. The largest absolute Gasteiger partial charge is 1.00 e. The van der Waals surface area contributed by atoms with Crippen LogP contribution in [0.15, 0.2) is 12.2 Å². The predicted molar refractivity (Wildman–Crippen MR) is 110 cm³/mol. The molecular weight excluding hydrogens is 362 g/mol. The molecule has 0 spiro atoms. The topological polar surface area (TPSA) is 46.5 Å². The Morgan fingerprint density at radius 3 is 1.78 bits per heavy atom. The Hall–Kier alpha value is -0.580. The Morgan fingerprint density at radius 1 is 1.00 bits per heavy atom. The number of hydrogen-bond acceptors (Lipinski definition) is 3. The molecule has 0 rings (SSSR count). The van der Waals surface area contributed by atoms with Crippen molar-refractivity contribution < 1.29 is 31.5 Å². The SMILES string of the molecule is C=C(C)C(=O)OCCCC(C(C)O)[N+](CCCC)(CCCC)CCCC.[Cl-]. The maximum absolute atomic E-state index is 11.6. The van der Waals surface area contributed by atoms with E-state index in [9.17, 15) is 9.90 Å². The van der Waals surface area contributed by atoms with E-state index in [0.717, 1.165) is 37.0 Å². The van der Waals surface area contributed by atoms with Gasteiger partial charge in [0.2, 0.25) is 0 Å². The van der Waals surface area contributed by atoms with Crippen molar-refractivity contribution in [3.8, 4) is 0 Å². The lowest BCUT2D eigenvalue weighted by Gasteiger charge is -2.47. The van der Waals surface area contributed by atoms with Crippen LogP contribution < -0.4 is 12.4 Å². The summed E-state index contributed by atoms with van der Waals surface area (Å²) in [6.45, 7) is 17.8. The maximum Gasteiger partial charge on any atom is 0.333 e. The lowest BCUT2D eigenvalue weighted by Crippen LogP contribution is -3.00. The highest BCUT2D eigenvalue weighted by Gasteiger charge is 2.38. The number of aliphatic hydroxyl groups is 1. The number of hydrogen-bond donors (Lipinski definition) is 1. The fourth-order valence-corrected chi connectivity index (χ4v) is 3.81. The summed E-state index contributed by atoms with van der Waals surface area (Å²) < 4.78 is 6.28. The number of rotatable bonds is 16. The average Bonchev–Trinajstić information content (AvgIpc) is 2.61. The molecule has 0 heterocycles. The van der Waals surface area contributed by atoms with E-state index in [2.05, 4.69) is 27.4 Å². The third-order valence-corrected chi connectivity index (χ3v) is 5.36. The smallest absolute Gasteiger partial charge is 0.333 e. The summed E-state index contributed by atoms with van der Waals surface area (Å²) in [5.74, 6) is -0.317. The average molecular weight is 406 g/mol. The van der Waals surface area contributed by atoms with Crippen molar-refractivity contribution in [2.45, 2.75) is 98.1 Å². The normalized spacial score (nSPS) is 13.6. The molecule has 0 saturated carbocycles. The van der Waals surface area contributed by atoms with Gasteiger partial charge in [-0.05, 0) is 39.5 Å². The predicted octanol–water partition coefficient (Wildman–Crippen LogP) is 1.86. The molecular formula is C22H44ClNO3. The Morgan fingerprint density at radius 2 is 1.44 bits per heavy atom. The molecule has 0 aliphatic heterocycles. The number of unbranched alkanes of at least 4 members (excludes halogenated alkanes) is 3. The highest BCUT2D eigenvalue weighted by atomic mass is 35.5. The zero-order valence-corrected chi connectivity index (χ0v) is 19.2. The second-order valence-corrected chi connectivity index (χ2v) is 7.82. The molecule has 0 bridgehead atoms. The molecule has 5 heteroatoms. The number of esters is 1. The molecule has 0 amide bonds. The first-order valence-corrected chi connectivity index (χ1v) is 10.7. The molecule has 0 saturated heterocycles. The lowest BCUT2D eigenvalue weighted by molar-refractivity contribution is -0.955. The van der Waals surface area contributed by atoms with Crippen LogP contribution in [0.2, 0.25) is 0 Å². The first-order valence-electron chi connectivity index (χ1n) is 10.7. The first-order chi connectivity index (χ1) is 12.3. The van der Waals surface area contributed by atoms with Crippen molar-refractivity contribution in [3.05, 3.63) is 12.2 Å². The van der Waals surface area contributed by atoms with Crippen molar-refractivity contribution in [1.29, 1.82) is 0 Å². The molecule has 1 N–H and O–H groups in total. The molecule has 0 aliphatic carbocycles. The molecule has 0 aliphatic rings. The second-order valence-electron chi connectivity index (χ2n) is 7.82. The number of nitrogens with zero attached hydrogens (tertiary/aromatic N) is 1. The van der Waals surface area contributed by atoms with Crippen molar-refractivity contribution in [1.82, 2.24) is 0 Å². The van der Waals surface area contributed by atoms with Gasteiger partial charge in [-0.1, -0.05) is 46.6 Å². The van der Waals surface area contributed by atoms with Gasteiger partial charge in [0.15, 0.2) is 0 Å². The Kier molecular flexibility index (Phi) is 17.4. The van der Waals surface area contributed by atoms with Crippen LogP contribution in [0.4, 0.5) is 0 Å². The van der Waals surface area contributed by atoms with E-state index < -0.39 is 0 Å². The second kappa shape index (κ2) is 16.4. The van der Waals surface area contributed by atoms with Crippen LogP contribution in [0.5, 0.6) is 0 Å². The van der Waals surface area contributed by atoms with Gasteiger partial charge in [0, 0.05) is 12.0 Å². The number of halogens is 1. The summed E-state index contributed by atoms with van der Waals surface area (Å²) in [7, 11) is 0. The zero-order chi connectivity index (χ0) is 20.0. The number of aliphatic hydroxyl groups excluding tert-OH is 1. The Bertz CT molecular complexity index is 377. The van der Waals surface area contributed by atoms with E-state index in [0.29, 0.717) is 12.2 Å². The highest BCUT2D eigenvalue weighted by Crippen LogP contribution is 2.26. The summed E-state index contributed by atoms with van der Waals surface area (Å²) in [6.07, 6.45) is 8.46. The fraction of sp³-hybridized carbons (Fsp3) is 0.864. The van der Waals surface area contributed by atoms with Crippen LogP contribution in [-0.2, 0) is 9.53 Å². The van der Waals surface area contributed by atoms with Crippen LogP contribution >= 0.6 is 0 Å². The fourth-order valence-electron chi connectivity index (χ4n) is 3.81. The van der Waals surface area contributed by atoms with Gasteiger partial charge in [0.05, 0.1) is 26.2 Å². The number of ether oxygens (including phenoxy) is 1. The van der Waals surface area contributed by atoms with Gasteiger partial charge >= 0.3 is 5.97 Å². The van der Waals surface area contributed by atoms with Gasteiger partial charge in [-0.15, -0.1) is 0 Å². The minimum absolute atomic E-state index is 0. The van der Waals surface area contributed by atoms with Gasteiger partial charge < -0.3 is 26.7 Å². The van der Waals surface area contributed by atoms with E-state index in [1.54, 1.807) is 6.92 Å². The van der Waals surface area contributed by atoms with Crippen molar-refractivity contribution in [3.63, 3.8) is 0 Å². The molecule has 0 aromatic rings. The standard InChI is InChI=1S/C22H44NO3.ClH/c1-7-10-15-23(16-11-8-2,17-12-9-3)21(20(6)24)14-13-18-26-22(25)19(4)5;/h20-21,24H,4,7-18H2,1-3,5-6H3;1H/q+1;/p-1. The third-order valence-electron chi connectivity index (χ3n) is 5.36. The van der Waals surface area contributed by atoms with E-state index in [1.165, 1.54) is 38.5 Å². The van der Waals surface area contributed by atoms with Crippen LogP contribution in [0.25, 0.3) is 0 Å². The number of carbonyl (C=O) groups excluding carboxylic acids is 1. The maximum atomic E-state index is 11.6. The number of carbonyl (C=O) groups is 1. The minimum Gasteiger partial charge on any atom is -1.00 e. The Balaban J connectivity index is 0.